The lowest BCUT2D eigenvalue weighted by molar-refractivity contribution is -0.0415. The monoisotopic (exact) mass is 528 g/mol. The molecular formula is C18H30FN2O5PS3Si. The van der Waals surface area contributed by atoms with Crippen molar-refractivity contribution in [2.45, 2.75) is 70.4 Å². The molecule has 2 fully saturated rings. The molecule has 4 atom stereocenters. The number of rotatable bonds is 6. The van der Waals surface area contributed by atoms with Crippen LogP contribution >= 0.6 is 27.4 Å². The molecule has 2 aliphatic heterocycles. The van der Waals surface area contributed by atoms with E-state index >= 15 is 4.39 Å². The van der Waals surface area contributed by atoms with Gasteiger partial charge in [-0.15, -0.1) is 0 Å². The Balaban J connectivity index is 1.90. The summed E-state index contributed by atoms with van der Waals surface area (Å²) in [6, 6.07) is 0. The smallest absolute Gasteiger partial charge is 0.330 e. The minimum atomic E-state index is -2.34. The molecule has 1 N–H and O–H groups in total. The van der Waals surface area contributed by atoms with Gasteiger partial charge in [0.2, 0.25) is 0 Å². The largest absolute Gasteiger partial charge is 0.408 e. The van der Waals surface area contributed by atoms with E-state index in [4.69, 9.17) is 25.5 Å². The van der Waals surface area contributed by atoms with Crippen LogP contribution in [0.5, 0.6) is 0 Å². The maximum atomic E-state index is 15.8. The van der Waals surface area contributed by atoms with Gasteiger partial charge in [0.25, 0.3) is 5.56 Å². The van der Waals surface area contributed by atoms with Crippen LogP contribution in [0.1, 0.15) is 32.6 Å². The molecule has 0 saturated carbocycles. The van der Waals surface area contributed by atoms with E-state index in [1.165, 1.54) is 6.20 Å². The van der Waals surface area contributed by atoms with E-state index in [9.17, 15) is 9.59 Å². The predicted molar refractivity (Wildman–Crippen MR) is 132 cm³/mol. The molecule has 0 spiro atoms. The Morgan fingerprint density at radius 2 is 1.97 bits per heavy atom. The van der Waals surface area contributed by atoms with Gasteiger partial charge in [-0.3, -0.25) is 14.3 Å². The van der Waals surface area contributed by atoms with E-state index in [-0.39, 0.29) is 11.6 Å². The Hall–Kier alpha value is 0.0569. The standard InChI is InChI=1S/C18H30FN2O5PS3Si/c1-11-9-21(17(23)20-15(11)22)16-13(19)14(26-31(5,6)18(2,3)4)12(25-16)10-24-27(28)29-7-8-30-27/h9,12-14,16H,7-8,10H2,1-6H3,(H,20,22,23)/t12-,13-,14?,16-/m1/s1. The molecule has 31 heavy (non-hydrogen) atoms. The molecule has 2 aliphatic rings. The Kier molecular flexibility index (Phi) is 7.76. The predicted octanol–water partition coefficient (Wildman–Crippen LogP) is 4.19. The first-order valence-electron chi connectivity index (χ1n) is 10.1. The fourth-order valence-corrected chi connectivity index (χ4v) is 13.2. The highest BCUT2D eigenvalue weighted by Crippen LogP contribution is 2.74. The molecule has 2 saturated heterocycles. The normalized spacial score (nSPS) is 28.9. The summed E-state index contributed by atoms with van der Waals surface area (Å²) in [5, 5.41) is -0.134. The van der Waals surface area contributed by atoms with Crippen LogP contribution in [0, 0.1) is 6.92 Å². The zero-order chi connectivity index (χ0) is 23.2. The summed E-state index contributed by atoms with van der Waals surface area (Å²) in [4.78, 5) is 26.3. The van der Waals surface area contributed by atoms with Crippen molar-refractivity contribution >= 4 is 47.6 Å². The Labute approximate surface area is 195 Å². The van der Waals surface area contributed by atoms with Crippen molar-refractivity contribution in [3.63, 3.8) is 0 Å². The van der Waals surface area contributed by atoms with Gasteiger partial charge < -0.3 is 13.7 Å². The third-order valence-corrected chi connectivity index (χ3v) is 20.2. The number of H-pyrrole nitrogens is 1. The molecule has 1 aromatic rings. The summed E-state index contributed by atoms with van der Waals surface area (Å²) in [5.41, 5.74) is -0.923. The minimum Gasteiger partial charge on any atom is -0.408 e. The lowest BCUT2D eigenvalue weighted by Gasteiger charge is -2.39. The van der Waals surface area contributed by atoms with E-state index < -0.39 is 48.8 Å². The number of alkyl halides is 1. The molecule has 0 aromatic carbocycles. The van der Waals surface area contributed by atoms with Gasteiger partial charge in [0, 0.05) is 23.3 Å². The molecule has 13 heteroatoms. The average molecular weight is 529 g/mol. The summed E-state index contributed by atoms with van der Waals surface area (Å²) in [7, 11) is -2.34. The first kappa shape index (κ1) is 25.7. The summed E-state index contributed by atoms with van der Waals surface area (Å²) in [5.74, 6) is 1.88. The topological polar surface area (TPSA) is 82.6 Å². The molecule has 0 bridgehead atoms. The lowest BCUT2D eigenvalue weighted by atomic mass is 10.1. The second-order valence-corrected chi connectivity index (χ2v) is 24.7. The van der Waals surface area contributed by atoms with Crippen molar-refractivity contribution in [2.24, 2.45) is 0 Å². The lowest BCUT2D eigenvalue weighted by Crippen LogP contribution is -2.49. The second-order valence-electron chi connectivity index (χ2n) is 9.24. The maximum Gasteiger partial charge on any atom is 0.330 e. The van der Waals surface area contributed by atoms with Gasteiger partial charge >= 0.3 is 5.69 Å². The Morgan fingerprint density at radius 1 is 1.35 bits per heavy atom. The van der Waals surface area contributed by atoms with Gasteiger partial charge in [-0.1, -0.05) is 43.5 Å². The first-order valence-corrected chi connectivity index (χ1v) is 18.9. The number of ether oxygens (including phenoxy) is 1. The highest BCUT2D eigenvalue weighted by molar-refractivity contribution is 9.00. The summed E-state index contributed by atoms with van der Waals surface area (Å²) in [6.07, 6.45) is -3.10. The van der Waals surface area contributed by atoms with Crippen molar-refractivity contribution in [2.75, 3.05) is 18.1 Å². The van der Waals surface area contributed by atoms with E-state index in [0.29, 0.717) is 5.56 Å². The van der Waals surface area contributed by atoms with Gasteiger partial charge in [0.1, 0.15) is 12.2 Å². The number of aromatic amines is 1. The van der Waals surface area contributed by atoms with Crippen molar-refractivity contribution in [3.8, 4) is 0 Å². The number of hydrogen-bond acceptors (Lipinski definition) is 8. The zero-order valence-corrected chi connectivity index (χ0v) is 22.9. The van der Waals surface area contributed by atoms with Crippen LogP contribution in [-0.4, -0.2) is 54.4 Å². The fourth-order valence-electron chi connectivity index (χ4n) is 3.06. The Bertz CT molecular complexity index is 972. The quantitative estimate of drug-likeness (QED) is 0.435. The third-order valence-electron chi connectivity index (χ3n) is 5.90. The molecule has 0 amide bonds. The first-order chi connectivity index (χ1) is 14.2. The van der Waals surface area contributed by atoms with E-state index in [1.54, 1.807) is 29.7 Å². The van der Waals surface area contributed by atoms with Crippen LogP contribution in [0.3, 0.4) is 0 Å². The van der Waals surface area contributed by atoms with Crippen LogP contribution in [0.2, 0.25) is 18.1 Å². The third kappa shape index (κ3) is 5.59. The molecule has 7 nitrogen and oxygen atoms in total. The van der Waals surface area contributed by atoms with E-state index in [1.807, 2.05) is 13.1 Å². The Morgan fingerprint density at radius 3 is 2.55 bits per heavy atom. The number of nitrogens with one attached hydrogen (secondary N) is 1. The molecular weight excluding hydrogens is 498 g/mol. The maximum absolute atomic E-state index is 15.8. The number of aromatic nitrogens is 2. The van der Waals surface area contributed by atoms with Crippen LogP contribution in [0.4, 0.5) is 4.39 Å². The van der Waals surface area contributed by atoms with Gasteiger partial charge in [-0.25, -0.2) is 9.18 Å². The van der Waals surface area contributed by atoms with Gasteiger partial charge in [0.05, 0.1) is 6.61 Å². The van der Waals surface area contributed by atoms with Crippen LogP contribution in [0.15, 0.2) is 15.8 Å². The number of aryl methyl sites for hydroxylation is 1. The van der Waals surface area contributed by atoms with Crippen LogP contribution in [0.25, 0.3) is 0 Å². The van der Waals surface area contributed by atoms with Gasteiger partial charge in [-0.05, 0) is 36.9 Å². The van der Waals surface area contributed by atoms with E-state index in [2.05, 4.69) is 25.8 Å². The summed E-state index contributed by atoms with van der Waals surface area (Å²) < 4.78 is 33.3. The van der Waals surface area contributed by atoms with E-state index in [0.717, 1.165) is 16.1 Å². The number of hydrogen-bond donors (Lipinski definition) is 1. The van der Waals surface area contributed by atoms with Gasteiger partial charge in [-0.2, -0.15) is 0 Å². The molecule has 1 aromatic heterocycles. The highest BCUT2D eigenvalue weighted by atomic mass is 33.2. The van der Waals surface area contributed by atoms with Gasteiger partial charge in [0.15, 0.2) is 25.4 Å². The molecule has 0 radical (unpaired) electrons. The van der Waals surface area contributed by atoms with Crippen molar-refractivity contribution in [3.05, 3.63) is 32.6 Å². The van der Waals surface area contributed by atoms with Crippen LogP contribution < -0.4 is 11.2 Å². The van der Waals surface area contributed by atoms with Crippen LogP contribution in [-0.2, 0) is 25.5 Å². The highest BCUT2D eigenvalue weighted by Gasteiger charge is 2.52. The minimum absolute atomic E-state index is 0.102. The molecule has 3 heterocycles. The SMILES string of the molecule is Cc1cn([C@@H]2O[C@H](COP3(=S)SCCS3)C(O[Si](C)(C)C(C)(C)C)[C@H]2F)c(=O)[nH]c1=O. The molecule has 176 valence electrons. The molecule has 1 unspecified atom stereocenters. The summed E-state index contributed by atoms with van der Waals surface area (Å²) >= 11 is 8.93. The summed E-state index contributed by atoms with van der Waals surface area (Å²) in [6.45, 7) is 12.0. The average Bonchev–Trinajstić information content (AvgIpc) is 3.21. The second kappa shape index (κ2) is 9.36. The number of nitrogens with zero attached hydrogens (tertiary/aromatic N) is 1. The van der Waals surface area contributed by atoms with Crippen molar-refractivity contribution in [1.82, 2.24) is 9.55 Å². The fraction of sp³-hybridized carbons (Fsp3) is 0.778. The molecule has 3 rings (SSSR count). The van der Waals surface area contributed by atoms with Crippen molar-refractivity contribution < 1.29 is 18.1 Å². The van der Waals surface area contributed by atoms with Crippen molar-refractivity contribution in [1.29, 1.82) is 0 Å². The zero-order valence-electron chi connectivity index (χ0n) is 18.5. The number of halogens is 1. The molecule has 0 aliphatic carbocycles.